The van der Waals surface area contributed by atoms with E-state index in [2.05, 4.69) is 31.2 Å². The maximum absolute atomic E-state index is 14.8. The number of fused-ring (bicyclic) bond motifs is 2. The minimum Gasteiger partial charge on any atom is -0.381 e. The lowest BCUT2D eigenvalue weighted by atomic mass is 10.0. The third kappa shape index (κ3) is 12.0. The third-order valence-electron chi connectivity index (χ3n) is 12.8. The number of anilines is 2. The fraction of sp³-hybridized carbons (Fsp3) is 0.440. The van der Waals surface area contributed by atoms with E-state index in [4.69, 9.17) is 9.47 Å². The highest BCUT2D eigenvalue weighted by Crippen LogP contribution is 2.31. The first-order valence-electron chi connectivity index (χ1n) is 24.2. The van der Waals surface area contributed by atoms with Gasteiger partial charge in [-0.1, -0.05) is 30.3 Å². The smallest absolute Gasteiger partial charge is 0.329 e. The molecule has 3 atom stereocenters. The Hall–Kier alpha value is -6.30. The van der Waals surface area contributed by atoms with Crippen LogP contribution in [0.3, 0.4) is 0 Å². The number of carbonyl (C=O) groups is 4. The Morgan fingerprint density at radius 3 is 2.51 bits per heavy atom. The van der Waals surface area contributed by atoms with Gasteiger partial charge in [-0.15, -0.1) is 11.3 Å². The zero-order valence-corrected chi connectivity index (χ0v) is 42.5. The predicted octanol–water partition coefficient (Wildman–Crippen LogP) is 4.95. The lowest BCUT2D eigenvalue weighted by molar-refractivity contribution is -0.135. The van der Waals surface area contributed by atoms with Crippen molar-refractivity contribution < 1.29 is 41.5 Å². The SMILES string of the molecule is C[C@@H]1CN(c2cc(F)cc(-c3csc(NC(=O)CNC(=O)c4cn(S(=O)(=O)N(C)CCCCNCCCOCCCc5cccc6c5n(C)c(=O)n6C5CCC(=O)NC5=O)c5ccccc45)n3)c2)C[C@H](C)O1. The summed E-state index contributed by atoms with van der Waals surface area (Å²) < 4.78 is 59.6. The number of unbranched alkanes of at least 4 members (excludes halogenated alkanes) is 1. The molecule has 4 N–H and O–H groups in total. The number of morpholine rings is 1. The van der Waals surface area contributed by atoms with Crippen LogP contribution in [0.2, 0.25) is 0 Å². The molecule has 2 aliphatic heterocycles. The first-order valence-corrected chi connectivity index (χ1v) is 26.5. The predicted molar refractivity (Wildman–Crippen MR) is 274 cm³/mol. The van der Waals surface area contributed by atoms with Crippen LogP contribution in [0.25, 0.3) is 33.2 Å². The molecular weight excluding hydrogens is 968 g/mol. The zero-order valence-electron chi connectivity index (χ0n) is 40.8. The van der Waals surface area contributed by atoms with Crippen molar-refractivity contribution in [2.45, 2.75) is 77.0 Å². The molecule has 5 heterocycles. The molecule has 1 unspecified atom stereocenters. The van der Waals surface area contributed by atoms with Crippen LogP contribution in [0.1, 0.15) is 74.3 Å². The van der Waals surface area contributed by atoms with Crippen molar-refractivity contribution in [3.63, 3.8) is 0 Å². The van der Waals surface area contributed by atoms with Crippen LogP contribution in [0, 0.1) is 5.82 Å². The molecule has 3 aromatic heterocycles. The van der Waals surface area contributed by atoms with Crippen molar-refractivity contribution in [1.82, 2.24) is 38.3 Å². The second-order valence-corrected chi connectivity index (χ2v) is 21.1. The molecule has 0 spiro atoms. The van der Waals surface area contributed by atoms with E-state index in [1.165, 1.54) is 45.6 Å². The van der Waals surface area contributed by atoms with Gasteiger partial charge in [0.1, 0.15) is 11.9 Å². The quantitative estimate of drug-likeness (QED) is 0.0525. The summed E-state index contributed by atoms with van der Waals surface area (Å²) in [5, 5.41) is 13.4. The number of ether oxygens (including phenoxy) is 2. The molecule has 0 bridgehead atoms. The topological polar surface area (TPSA) is 220 Å². The van der Waals surface area contributed by atoms with Crippen molar-refractivity contribution in [3.05, 3.63) is 99.7 Å². The molecule has 22 heteroatoms. The minimum atomic E-state index is -4.07. The number of amides is 4. The van der Waals surface area contributed by atoms with Gasteiger partial charge in [-0.25, -0.2) is 18.1 Å². The molecule has 19 nitrogen and oxygen atoms in total. The van der Waals surface area contributed by atoms with Crippen molar-refractivity contribution in [1.29, 1.82) is 0 Å². The molecule has 2 fully saturated rings. The molecule has 6 aromatic rings. The molecular formula is C50H61FN10O9S2. The van der Waals surface area contributed by atoms with Gasteiger partial charge in [-0.2, -0.15) is 12.7 Å². The molecule has 0 saturated carbocycles. The molecule has 0 aliphatic carbocycles. The van der Waals surface area contributed by atoms with E-state index in [0.717, 1.165) is 40.9 Å². The number of aromatic nitrogens is 4. The maximum atomic E-state index is 14.8. The number of nitrogens with one attached hydrogen (secondary N) is 4. The molecule has 8 rings (SSSR count). The molecule has 72 heavy (non-hydrogen) atoms. The number of benzene rings is 3. The molecule has 384 valence electrons. The first-order chi connectivity index (χ1) is 34.6. The Labute approximate surface area is 420 Å². The van der Waals surface area contributed by atoms with E-state index in [9.17, 15) is 36.8 Å². The summed E-state index contributed by atoms with van der Waals surface area (Å²) in [6.45, 7) is 7.54. The van der Waals surface area contributed by atoms with Crippen LogP contribution in [0.15, 0.2) is 77.0 Å². The summed E-state index contributed by atoms with van der Waals surface area (Å²) in [4.78, 5) is 70.5. The monoisotopic (exact) mass is 1030 g/mol. The standard InChI is InChI=1S/C50H61FN10O9S2/c1-32-28-59(29-33(2)70-32)37-25-35(24-36(51)26-37)40-31-71-49(54-40)56-45(63)27-53-47(64)39-30-60(41-15-6-5-14-38(39)41)72(67,68)57(3)21-8-7-19-52-20-11-23-69-22-10-13-34-12-9-16-42-46(34)58(4)50(66)61(42)43-17-18-44(62)55-48(43)65/h5-6,9,12,14-16,24-26,30-33,43,52H,7-8,10-11,13,17-23,27-29H2,1-4H3,(H,53,64)(H,54,56,63)(H,55,62,65)/t32-,33+,43?. The van der Waals surface area contributed by atoms with Crippen LogP contribution in [0.4, 0.5) is 15.2 Å². The summed E-state index contributed by atoms with van der Waals surface area (Å²) in [6.07, 6.45) is 5.25. The lowest BCUT2D eigenvalue weighted by Crippen LogP contribution is -2.45. The summed E-state index contributed by atoms with van der Waals surface area (Å²) in [5.41, 5.74) is 4.29. The van der Waals surface area contributed by atoms with Crippen LogP contribution in [-0.4, -0.2) is 126 Å². The van der Waals surface area contributed by atoms with Gasteiger partial charge in [0.25, 0.3) is 5.91 Å². The molecule has 3 aromatic carbocycles. The lowest BCUT2D eigenvalue weighted by Gasteiger charge is -2.37. The highest BCUT2D eigenvalue weighted by Gasteiger charge is 2.32. The Balaban J connectivity index is 0.743. The van der Waals surface area contributed by atoms with Gasteiger partial charge in [0.2, 0.25) is 17.7 Å². The average molecular weight is 1030 g/mol. The number of hydrogen-bond acceptors (Lipinski definition) is 13. The van der Waals surface area contributed by atoms with E-state index in [1.807, 2.05) is 38.1 Å². The Kier molecular flexibility index (Phi) is 16.7. The maximum Gasteiger partial charge on any atom is 0.329 e. The minimum absolute atomic E-state index is 0.00365. The Bertz CT molecular complexity index is 3120. The summed E-state index contributed by atoms with van der Waals surface area (Å²) in [5.74, 6) is -2.37. The summed E-state index contributed by atoms with van der Waals surface area (Å²) in [6, 6.07) is 16.4. The normalized spacial score (nSPS) is 17.5. The number of aryl methyl sites for hydroxylation is 2. The number of rotatable bonds is 22. The fourth-order valence-corrected chi connectivity index (χ4v) is 11.4. The number of nitrogens with zero attached hydrogens (tertiary/aromatic N) is 6. The van der Waals surface area contributed by atoms with Crippen molar-refractivity contribution in [2.24, 2.45) is 7.05 Å². The zero-order chi connectivity index (χ0) is 51.1. The highest BCUT2D eigenvalue weighted by molar-refractivity contribution is 7.87. The summed E-state index contributed by atoms with van der Waals surface area (Å²) >= 11 is 1.17. The Morgan fingerprint density at radius 1 is 0.972 bits per heavy atom. The van der Waals surface area contributed by atoms with Gasteiger partial charge in [0.05, 0.1) is 46.6 Å². The van der Waals surface area contributed by atoms with E-state index >= 15 is 0 Å². The van der Waals surface area contributed by atoms with Crippen molar-refractivity contribution in [2.75, 3.05) is 69.7 Å². The molecule has 0 radical (unpaired) electrons. The average Bonchev–Trinajstić information content (AvgIpc) is 4.05. The van der Waals surface area contributed by atoms with Crippen molar-refractivity contribution >= 4 is 77.9 Å². The molecule has 2 saturated heterocycles. The molecule has 4 amide bonds. The largest absolute Gasteiger partial charge is 0.381 e. The second kappa shape index (κ2) is 23.1. The van der Waals surface area contributed by atoms with Crippen molar-refractivity contribution in [3.8, 4) is 11.3 Å². The van der Waals surface area contributed by atoms with E-state index in [-0.39, 0.29) is 53.9 Å². The number of carbonyl (C=O) groups excluding carboxylic acids is 4. The Morgan fingerprint density at radius 2 is 1.72 bits per heavy atom. The highest BCUT2D eigenvalue weighted by atomic mass is 32.2. The van der Waals surface area contributed by atoms with Crippen LogP contribution >= 0.6 is 11.3 Å². The first kappa shape index (κ1) is 52.0. The van der Waals surface area contributed by atoms with Gasteiger partial charge in [0, 0.05) is 81.6 Å². The number of hydrogen-bond donors (Lipinski definition) is 4. The summed E-state index contributed by atoms with van der Waals surface area (Å²) in [7, 11) is -0.872. The van der Waals surface area contributed by atoms with Gasteiger partial charge in [-0.3, -0.25) is 33.6 Å². The number of imide groups is 1. The third-order valence-corrected chi connectivity index (χ3v) is 15.4. The van der Waals surface area contributed by atoms with Crippen LogP contribution < -0.4 is 31.9 Å². The van der Waals surface area contributed by atoms with Crippen LogP contribution in [-0.2, 0) is 47.5 Å². The number of imidazole rings is 1. The van der Waals surface area contributed by atoms with E-state index in [0.29, 0.717) is 79.1 Å². The second-order valence-electron chi connectivity index (χ2n) is 18.3. The van der Waals surface area contributed by atoms with E-state index in [1.54, 1.807) is 41.3 Å². The number of piperidine rings is 1. The van der Waals surface area contributed by atoms with Gasteiger partial charge in [0.15, 0.2) is 5.13 Å². The van der Waals surface area contributed by atoms with Crippen LogP contribution in [0.5, 0.6) is 0 Å². The van der Waals surface area contributed by atoms with Gasteiger partial charge < -0.3 is 30.3 Å². The number of para-hydroxylation sites is 2. The number of thiazole rings is 1. The number of halogens is 1. The van der Waals surface area contributed by atoms with Gasteiger partial charge in [-0.05, 0) is 101 Å². The van der Waals surface area contributed by atoms with Gasteiger partial charge >= 0.3 is 15.9 Å². The van der Waals surface area contributed by atoms with E-state index < -0.39 is 46.3 Å². The molecule has 2 aliphatic rings. The fourth-order valence-electron chi connectivity index (χ4n) is 9.39.